The molecule has 1 aromatic carbocycles. The Morgan fingerprint density at radius 2 is 2.06 bits per heavy atom. The largest absolute Gasteiger partial charge is 0.466 e. The van der Waals surface area contributed by atoms with Crippen LogP contribution in [0.15, 0.2) is 28.7 Å². The number of ether oxygens (including phenoxy) is 1. The molecule has 92 valence electrons. The summed E-state index contributed by atoms with van der Waals surface area (Å²) in [5.74, 6) is 0.326. The summed E-state index contributed by atoms with van der Waals surface area (Å²) in [5.41, 5.74) is 1.08. The van der Waals surface area contributed by atoms with Gasteiger partial charge in [-0.15, -0.1) is 0 Å². The number of esters is 1. The van der Waals surface area contributed by atoms with Crippen LogP contribution in [0.3, 0.4) is 0 Å². The van der Waals surface area contributed by atoms with Crippen molar-refractivity contribution >= 4 is 21.9 Å². The summed E-state index contributed by atoms with van der Waals surface area (Å²) in [6, 6.07) is 8.01. The fourth-order valence-corrected chi connectivity index (χ4v) is 2.54. The highest BCUT2D eigenvalue weighted by molar-refractivity contribution is 9.10. The molecular formula is C14H17BrO2. The molecule has 1 unspecified atom stereocenters. The molecule has 0 amide bonds. The molecule has 2 nitrogen and oxygen atoms in total. The van der Waals surface area contributed by atoms with E-state index in [1.165, 1.54) is 6.42 Å². The van der Waals surface area contributed by atoms with Gasteiger partial charge in [-0.05, 0) is 43.4 Å². The van der Waals surface area contributed by atoms with E-state index < -0.39 is 0 Å². The number of rotatable bonds is 4. The van der Waals surface area contributed by atoms with Gasteiger partial charge in [0, 0.05) is 4.47 Å². The second kappa shape index (κ2) is 5.67. The number of benzene rings is 1. The molecule has 0 aliphatic heterocycles. The maximum Gasteiger partial charge on any atom is 0.313 e. The minimum atomic E-state index is -0.0724. The summed E-state index contributed by atoms with van der Waals surface area (Å²) in [6.45, 7) is 2.32. The Bertz CT molecular complexity index is 382. The minimum absolute atomic E-state index is 0.0699. The Kier molecular flexibility index (Phi) is 4.21. The van der Waals surface area contributed by atoms with E-state index >= 15 is 0 Å². The van der Waals surface area contributed by atoms with Crippen LogP contribution in [0.2, 0.25) is 0 Å². The molecule has 0 aromatic heterocycles. The molecule has 1 atom stereocenters. The monoisotopic (exact) mass is 296 g/mol. The van der Waals surface area contributed by atoms with Gasteiger partial charge in [0.05, 0.1) is 12.5 Å². The van der Waals surface area contributed by atoms with Crippen molar-refractivity contribution in [2.45, 2.75) is 32.1 Å². The molecule has 2 rings (SSSR count). The molecule has 0 heterocycles. The van der Waals surface area contributed by atoms with Crippen molar-refractivity contribution in [2.75, 3.05) is 6.61 Å². The Balaban J connectivity index is 2.19. The van der Waals surface area contributed by atoms with Gasteiger partial charge >= 0.3 is 5.97 Å². The third-order valence-corrected chi connectivity index (χ3v) is 3.92. The van der Waals surface area contributed by atoms with E-state index in [4.69, 9.17) is 4.74 Å². The van der Waals surface area contributed by atoms with Crippen LogP contribution >= 0.6 is 15.9 Å². The van der Waals surface area contributed by atoms with Crippen LogP contribution in [0.4, 0.5) is 0 Å². The van der Waals surface area contributed by atoms with E-state index in [0.29, 0.717) is 12.5 Å². The lowest BCUT2D eigenvalue weighted by atomic mass is 9.73. The van der Waals surface area contributed by atoms with Crippen molar-refractivity contribution in [1.82, 2.24) is 0 Å². The van der Waals surface area contributed by atoms with E-state index in [-0.39, 0.29) is 11.9 Å². The van der Waals surface area contributed by atoms with Gasteiger partial charge in [-0.1, -0.05) is 34.5 Å². The first-order valence-electron chi connectivity index (χ1n) is 6.14. The van der Waals surface area contributed by atoms with E-state index in [0.717, 1.165) is 22.9 Å². The average molecular weight is 297 g/mol. The molecule has 1 aromatic rings. The van der Waals surface area contributed by atoms with E-state index in [2.05, 4.69) is 15.9 Å². The van der Waals surface area contributed by atoms with Gasteiger partial charge in [0.1, 0.15) is 0 Å². The molecule has 1 aliphatic rings. The molecule has 0 saturated heterocycles. The normalized spacial score (nSPS) is 17.3. The molecular weight excluding hydrogens is 280 g/mol. The predicted octanol–water partition coefficient (Wildman–Crippen LogP) is 3.90. The zero-order valence-electron chi connectivity index (χ0n) is 9.99. The highest BCUT2D eigenvalue weighted by Gasteiger charge is 2.34. The highest BCUT2D eigenvalue weighted by atomic mass is 79.9. The molecule has 0 spiro atoms. The maximum absolute atomic E-state index is 12.0. The van der Waals surface area contributed by atoms with Crippen LogP contribution in [0, 0.1) is 5.92 Å². The molecule has 1 saturated carbocycles. The lowest BCUT2D eigenvalue weighted by Crippen LogP contribution is -2.28. The third kappa shape index (κ3) is 2.89. The first kappa shape index (κ1) is 12.6. The van der Waals surface area contributed by atoms with Crippen LogP contribution in [-0.2, 0) is 9.53 Å². The Morgan fingerprint density at radius 1 is 1.41 bits per heavy atom. The SMILES string of the molecule is CCOC(=O)C(c1ccc(Br)cc1)C1CCC1. The summed E-state index contributed by atoms with van der Waals surface area (Å²) in [6.07, 6.45) is 3.51. The van der Waals surface area contributed by atoms with Crippen molar-refractivity contribution in [1.29, 1.82) is 0 Å². The second-order valence-electron chi connectivity index (χ2n) is 4.47. The van der Waals surface area contributed by atoms with Crippen molar-refractivity contribution in [3.8, 4) is 0 Å². The Hall–Kier alpha value is -0.830. The van der Waals surface area contributed by atoms with Gasteiger partial charge in [0.2, 0.25) is 0 Å². The quantitative estimate of drug-likeness (QED) is 0.788. The van der Waals surface area contributed by atoms with Gasteiger partial charge < -0.3 is 4.74 Å². The summed E-state index contributed by atoms with van der Waals surface area (Å²) in [4.78, 5) is 12.0. The van der Waals surface area contributed by atoms with Gasteiger partial charge in [-0.2, -0.15) is 0 Å². The predicted molar refractivity (Wildman–Crippen MR) is 70.9 cm³/mol. The fourth-order valence-electron chi connectivity index (χ4n) is 2.28. The molecule has 0 bridgehead atoms. The summed E-state index contributed by atoms with van der Waals surface area (Å²) in [5, 5.41) is 0. The van der Waals surface area contributed by atoms with Crippen molar-refractivity contribution in [3.63, 3.8) is 0 Å². The van der Waals surface area contributed by atoms with Crippen LogP contribution in [0.1, 0.15) is 37.7 Å². The summed E-state index contributed by atoms with van der Waals surface area (Å²) >= 11 is 3.41. The summed E-state index contributed by atoms with van der Waals surface area (Å²) < 4.78 is 6.23. The number of carbonyl (C=O) groups excluding carboxylic acids is 1. The topological polar surface area (TPSA) is 26.3 Å². The lowest BCUT2D eigenvalue weighted by Gasteiger charge is -2.32. The van der Waals surface area contributed by atoms with Crippen LogP contribution < -0.4 is 0 Å². The number of hydrogen-bond acceptors (Lipinski definition) is 2. The first-order chi connectivity index (χ1) is 8.22. The number of carbonyl (C=O) groups is 1. The van der Waals surface area contributed by atoms with Crippen molar-refractivity contribution < 1.29 is 9.53 Å². The molecule has 0 N–H and O–H groups in total. The Labute approximate surface area is 110 Å². The van der Waals surface area contributed by atoms with Gasteiger partial charge in [0.25, 0.3) is 0 Å². The lowest BCUT2D eigenvalue weighted by molar-refractivity contribution is -0.147. The van der Waals surface area contributed by atoms with Gasteiger partial charge in [0.15, 0.2) is 0 Å². The van der Waals surface area contributed by atoms with Gasteiger partial charge in [-0.25, -0.2) is 0 Å². The first-order valence-corrected chi connectivity index (χ1v) is 6.93. The van der Waals surface area contributed by atoms with Crippen LogP contribution in [-0.4, -0.2) is 12.6 Å². The molecule has 3 heteroatoms. The molecule has 17 heavy (non-hydrogen) atoms. The van der Waals surface area contributed by atoms with E-state index in [1.807, 2.05) is 31.2 Å². The summed E-state index contributed by atoms with van der Waals surface area (Å²) in [7, 11) is 0. The minimum Gasteiger partial charge on any atom is -0.466 e. The number of hydrogen-bond donors (Lipinski definition) is 0. The van der Waals surface area contributed by atoms with Crippen LogP contribution in [0.5, 0.6) is 0 Å². The molecule has 1 fully saturated rings. The zero-order valence-corrected chi connectivity index (χ0v) is 11.6. The average Bonchev–Trinajstić information content (AvgIpc) is 2.25. The maximum atomic E-state index is 12.0. The standard InChI is InChI=1S/C14H17BrO2/c1-2-17-14(16)13(10-4-3-5-10)11-6-8-12(15)9-7-11/h6-10,13H,2-5H2,1H3. The van der Waals surface area contributed by atoms with Crippen molar-refractivity contribution in [3.05, 3.63) is 34.3 Å². The third-order valence-electron chi connectivity index (χ3n) is 3.39. The second-order valence-corrected chi connectivity index (χ2v) is 5.39. The highest BCUT2D eigenvalue weighted by Crippen LogP contribution is 2.40. The van der Waals surface area contributed by atoms with Gasteiger partial charge in [-0.3, -0.25) is 4.79 Å². The molecule has 0 radical (unpaired) electrons. The molecule has 1 aliphatic carbocycles. The van der Waals surface area contributed by atoms with Crippen molar-refractivity contribution in [2.24, 2.45) is 5.92 Å². The number of halogens is 1. The van der Waals surface area contributed by atoms with E-state index in [1.54, 1.807) is 0 Å². The van der Waals surface area contributed by atoms with E-state index in [9.17, 15) is 4.79 Å². The fraction of sp³-hybridized carbons (Fsp3) is 0.500. The zero-order chi connectivity index (χ0) is 12.3. The Morgan fingerprint density at radius 3 is 2.53 bits per heavy atom. The smallest absolute Gasteiger partial charge is 0.313 e. The van der Waals surface area contributed by atoms with Crippen LogP contribution in [0.25, 0.3) is 0 Å².